The van der Waals surface area contributed by atoms with Crippen LogP contribution >= 0.6 is 0 Å². The summed E-state index contributed by atoms with van der Waals surface area (Å²) < 4.78 is 38.8. The lowest BCUT2D eigenvalue weighted by molar-refractivity contribution is -0.137. The number of aromatic nitrogens is 2. The molecular weight excluding hydrogens is 391 g/mol. The number of aromatic hydroxyl groups is 1. The topological polar surface area (TPSA) is 58.0 Å². The fraction of sp³-hybridized carbons (Fsp3) is 0.130. The van der Waals surface area contributed by atoms with Crippen LogP contribution in [0.15, 0.2) is 72.8 Å². The van der Waals surface area contributed by atoms with Crippen LogP contribution in [-0.2, 0) is 6.18 Å². The first-order valence-corrected chi connectivity index (χ1v) is 9.32. The van der Waals surface area contributed by atoms with Crippen molar-refractivity contribution in [1.29, 1.82) is 0 Å². The molecule has 152 valence electrons. The van der Waals surface area contributed by atoms with Crippen LogP contribution in [0.25, 0.3) is 22.0 Å². The molecule has 7 heteroatoms. The van der Waals surface area contributed by atoms with E-state index < -0.39 is 17.5 Å². The standard InChI is InChI=1S/C23H18F3N3O/c1-14(15-7-3-2-4-8-15)27-22-18-10-6-5-9-17(18)21(28-29-22)19-12-11-16(13-20(19)30)23(24,25)26/h2-14,30H,1H3,(H,27,29)/t14-/m0/s1. The molecule has 0 spiro atoms. The van der Waals surface area contributed by atoms with Crippen molar-refractivity contribution < 1.29 is 18.3 Å². The Bertz CT molecular complexity index is 1190. The fourth-order valence-electron chi connectivity index (χ4n) is 3.35. The first-order chi connectivity index (χ1) is 14.3. The smallest absolute Gasteiger partial charge is 0.416 e. The maximum absolute atomic E-state index is 12.9. The Balaban J connectivity index is 1.77. The molecule has 0 aliphatic heterocycles. The van der Waals surface area contributed by atoms with Crippen molar-refractivity contribution in [3.63, 3.8) is 0 Å². The molecule has 4 rings (SSSR count). The predicted octanol–water partition coefficient (Wildman–Crippen LogP) is 6.19. The van der Waals surface area contributed by atoms with E-state index in [0.717, 1.165) is 17.0 Å². The molecule has 0 aliphatic carbocycles. The number of halogens is 3. The highest BCUT2D eigenvalue weighted by atomic mass is 19.4. The molecule has 0 saturated heterocycles. The van der Waals surface area contributed by atoms with Crippen LogP contribution in [0.2, 0.25) is 0 Å². The number of nitrogens with one attached hydrogen (secondary N) is 1. The molecule has 0 radical (unpaired) electrons. The molecule has 30 heavy (non-hydrogen) atoms. The van der Waals surface area contributed by atoms with Crippen LogP contribution in [0, 0.1) is 0 Å². The maximum atomic E-state index is 12.9. The van der Waals surface area contributed by atoms with Crippen molar-refractivity contribution in [1.82, 2.24) is 10.2 Å². The molecule has 0 saturated carbocycles. The number of phenolic OH excluding ortho intramolecular Hbond substituents is 1. The average Bonchev–Trinajstić information content (AvgIpc) is 2.74. The lowest BCUT2D eigenvalue weighted by atomic mass is 10.0. The Kier molecular flexibility index (Phi) is 5.03. The lowest BCUT2D eigenvalue weighted by Gasteiger charge is -2.17. The SMILES string of the molecule is C[C@H](Nc1nnc(-c2ccc(C(F)(F)F)cc2O)c2ccccc12)c1ccccc1. The largest absolute Gasteiger partial charge is 0.507 e. The van der Waals surface area contributed by atoms with E-state index in [1.54, 1.807) is 12.1 Å². The fourth-order valence-corrected chi connectivity index (χ4v) is 3.35. The van der Waals surface area contributed by atoms with Gasteiger partial charge in [-0.25, -0.2) is 0 Å². The van der Waals surface area contributed by atoms with Gasteiger partial charge < -0.3 is 10.4 Å². The lowest BCUT2D eigenvalue weighted by Crippen LogP contribution is -2.09. The van der Waals surface area contributed by atoms with Gasteiger partial charge in [-0.15, -0.1) is 10.2 Å². The average molecular weight is 409 g/mol. The van der Waals surface area contributed by atoms with Gasteiger partial charge in [-0.05, 0) is 30.7 Å². The normalized spacial score (nSPS) is 12.7. The van der Waals surface area contributed by atoms with Gasteiger partial charge in [0.1, 0.15) is 11.4 Å². The number of hydrogen-bond donors (Lipinski definition) is 2. The number of fused-ring (bicyclic) bond motifs is 1. The van der Waals surface area contributed by atoms with Gasteiger partial charge in [-0.3, -0.25) is 0 Å². The molecule has 1 heterocycles. The van der Waals surface area contributed by atoms with E-state index in [0.29, 0.717) is 23.0 Å². The van der Waals surface area contributed by atoms with Crippen LogP contribution in [0.1, 0.15) is 24.1 Å². The van der Waals surface area contributed by atoms with Gasteiger partial charge in [0.25, 0.3) is 0 Å². The van der Waals surface area contributed by atoms with Crippen molar-refractivity contribution in [2.75, 3.05) is 5.32 Å². The summed E-state index contributed by atoms with van der Waals surface area (Å²) in [5.41, 5.74) is 0.660. The summed E-state index contributed by atoms with van der Waals surface area (Å²) in [6.07, 6.45) is -4.54. The molecule has 0 amide bonds. The minimum atomic E-state index is -4.54. The summed E-state index contributed by atoms with van der Waals surface area (Å²) >= 11 is 0. The van der Waals surface area contributed by atoms with Gasteiger partial charge in [-0.2, -0.15) is 13.2 Å². The highest BCUT2D eigenvalue weighted by molar-refractivity contribution is 6.00. The first kappa shape index (κ1) is 19.7. The van der Waals surface area contributed by atoms with Gasteiger partial charge in [-0.1, -0.05) is 54.6 Å². The molecule has 2 N–H and O–H groups in total. The summed E-state index contributed by atoms with van der Waals surface area (Å²) in [5, 5.41) is 23.5. The summed E-state index contributed by atoms with van der Waals surface area (Å²) in [6, 6.07) is 20.0. The highest BCUT2D eigenvalue weighted by Crippen LogP contribution is 2.39. The first-order valence-electron chi connectivity index (χ1n) is 9.32. The molecule has 0 unspecified atom stereocenters. The number of rotatable bonds is 4. The second-order valence-corrected chi connectivity index (χ2v) is 6.95. The van der Waals surface area contributed by atoms with Crippen LogP contribution < -0.4 is 5.32 Å². The number of nitrogens with zero attached hydrogens (tertiary/aromatic N) is 2. The zero-order valence-corrected chi connectivity index (χ0v) is 16.0. The highest BCUT2D eigenvalue weighted by Gasteiger charge is 2.31. The Morgan fingerprint density at radius 3 is 2.20 bits per heavy atom. The Hall–Kier alpha value is -3.61. The Morgan fingerprint density at radius 2 is 1.53 bits per heavy atom. The molecule has 4 nitrogen and oxygen atoms in total. The van der Waals surface area contributed by atoms with Crippen LogP contribution in [0.3, 0.4) is 0 Å². The molecule has 0 bridgehead atoms. The minimum Gasteiger partial charge on any atom is -0.507 e. The number of hydrogen-bond acceptors (Lipinski definition) is 4. The number of phenols is 1. The van der Waals surface area contributed by atoms with Gasteiger partial charge >= 0.3 is 6.18 Å². The van der Waals surface area contributed by atoms with E-state index in [4.69, 9.17) is 0 Å². The van der Waals surface area contributed by atoms with Crippen molar-refractivity contribution in [3.05, 3.63) is 83.9 Å². The van der Waals surface area contributed by atoms with E-state index in [9.17, 15) is 18.3 Å². The van der Waals surface area contributed by atoms with Crippen molar-refractivity contribution >= 4 is 16.6 Å². The summed E-state index contributed by atoms with van der Waals surface area (Å²) in [4.78, 5) is 0. The van der Waals surface area contributed by atoms with Crippen molar-refractivity contribution in [2.45, 2.75) is 19.1 Å². The summed E-state index contributed by atoms with van der Waals surface area (Å²) in [7, 11) is 0. The molecule has 4 aromatic rings. The number of alkyl halides is 3. The third kappa shape index (κ3) is 3.78. The minimum absolute atomic E-state index is 0.0331. The number of benzene rings is 3. The molecule has 0 fully saturated rings. The van der Waals surface area contributed by atoms with Gasteiger partial charge in [0, 0.05) is 16.3 Å². The molecule has 1 atom stereocenters. The third-order valence-corrected chi connectivity index (χ3v) is 4.92. The Morgan fingerprint density at radius 1 is 0.867 bits per heavy atom. The van der Waals surface area contributed by atoms with E-state index in [1.807, 2.05) is 49.4 Å². The van der Waals surface area contributed by atoms with Crippen molar-refractivity contribution in [3.8, 4) is 17.0 Å². The van der Waals surface area contributed by atoms with Gasteiger partial charge in [0.15, 0.2) is 5.82 Å². The molecular formula is C23H18F3N3O. The van der Waals surface area contributed by atoms with E-state index in [2.05, 4.69) is 15.5 Å². The quantitative estimate of drug-likeness (QED) is 0.422. The van der Waals surface area contributed by atoms with Crippen LogP contribution in [-0.4, -0.2) is 15.3 Å². The molecule has 1 aromatic heterocycles. The van der Waals surface area contributed by atoms with Crippen LogP contribution in [0.5, 0.6) is 5.75 Å². The molecule has 3 aromatic carbocycles. The van der Waals surface area contributed by atoms with E-state index in [1.165, 1.54) is 6.07 Å². The second-order valence-electron chi connectivity index (χ2n) is 6.95. The second kappa shape index (κ2) is 7.67. The zero-order valence-electron chi connectivity index (χ0n) is 16.0. The Labute approximate surface area is 171 Å². The molecule has 0 aliphatic rings. The summed E-state index contributed by atoms with van der Waals surface area (Å²) in [6.45, 7) is 2.00. The van der Waals surface area contributed by atoms with Gasteiger partial charge in [0.2, 0.25) is 0 Å². The predicted molar refractivity (Wildman–Crippen MR) is 110 cm³/mol. The van der Waals surface area contributed by atoms with E-state index in [-0.39, 0.29) is 11.6 Å². The number of anilines is 1. The maximum Gasteiger partial charge on any atom is 0.416 e. The van der Waals surface area contributed by atoms with Crippen LogP contribution in [0.4, 0.5) is 19.0 Å². The van der Waals surface area contributed by atoms with E-state index >= 15 is 0 Å². The van der Waals surface area contributed by atoms with Crippen molar-refractivity contribution in [2.24, 2.45) is 0 Å². The third-order valence-electron chi connectivity index (χ3n) is 4.92. The monoisotopic (exact) mass is 409 g/mol. The summed E-state index contributed by atoms with van der Waals surface area (Å²) in [5.74, 6) is 0.0553. The van der Waals surface area contributed by atoms with Gasteiger partial charge in [0.05, 0.1) is 11.6 Å². The zero-order chi connectivity index (χ0) is 21.3.